The Labute approximate surface area is 101 Å². The van der Waals surface area contributed by atoms with Crippen LogP contribution in [0.4, 0.5) is 8.78 Å². The summed E-state index contributed by atoms with van der Waals surface area (Å²) in [7, 11) is 0. The van der Waals surface area contributed by atoms with E-state index in [1.165, 1.54) is 6.07 Å². The molecule has 3 heteroatoms. The van der Waals surface area contributed by atoms with Crippen molar-refractivity contribution in [2.24, 2.45) is 17.1 Å². The molecule has 1 aliphatic rings. The molecule has 2 N–H and O–H groups in total. The highest BCUT2D eigenvalue weighted by Crippen LogP contribution is 2.47. The second-order valence-electron chi connectivity index (χ2n) is 5.69. The summed E-state index contributed by atoms with van der Waals surface area (Å²) in [4.78, 5) is 0. The first-order valence-corrected chi connectivity index (χ1v) is 6.12. The maximum absolute atomic E-state index is 13.2. The van der Waals surface area contributed by atoms with Crippen molar-refractivity contribution in [2.75, 3.05) is 0 Å². The van der Waals surface area contributed by atoms with E-state index >= 15 is 0 Å². The van der Waals surface area contributed by atoms with Gasteiger partial charge in [-0.3, -0.25) is 0 Å². The average molecular weight is 239 g/mol. The fourth-order valence-corrected chi connectivity index (χ4v) is 2.97. The molecule has 2 unspecified atom stereocenters. The summed E-state index contributed by atoms with van der Waals surface area (Å²) in [5.41, 5.74) is 7.09. The predicted molar refractivity (Wildman–Crippen MR) is 64.4 cm³/mol. The fraction of sp³-hybridized carbons (Fsp3) is 0.571. The number of halogens is 2. The van der Waals surface area contributed by atoms with Crippen molar-refractivity contribution < 1.29 is 8.78 Å². The van der Waals surface area contributed by atoms with Crippen LogP contribution in [0.15, 0.2) is 18.2 Å². The molecular formula is C14H19F2N. The van der Waals surface area contributed by atoms with E-state index in [0.717, 1.165) is 25.3 Å². The van der Waals surface area contributed by atoms with Crippen molar-refractivity contribution in [2.45, 2.75) is 39.2 Å². The highest BCUT2D eigenvalue weighted by Gasteiger charge is 2.38. The second-order valence-corrected chi connectivity index (χ2v) is 5.69. The lowest BCUT2D eigenvalue weighted by Gasteiger charge is -2.32. The van der Waals surface area contributed by atoms with Gasteiger partial charge < -0.3 is 5.73 Å². The van der Waals surface area contributed by atoms with Crippen LogP contribution in [0.5, 0.6) is 0 Å². The molecule has 2 atom stereocenters. The summed E-state index contributed by atoms with van der Waals surface area (Å²) >= 11 is 0. The first kappa shape index (κ1) is 12.5. The Morgan fingerprint density at radius 2 is 2.00 bits per heavy atom. The monoisotopic (exact) mass is 239 g/mol. The fourth-order valence-electron chi connectivity index (χ4n) is 2.97. The molecule has 1 nitrogen and oxygen atoms in total. The average Bonchev–Trinajstić information content (AvgIpc) is 2.61. The van der Waals surface area contributed by atoms with E-state index in [1.807, 2.05) is 0 Å². The molecule has 0 saturated heterocycles. The van der Waals surface area contributed by atoms with E-state index < -0.39 is 11.6 Å². The van der Waals surface area contributed by atoms with Crippen molar-refractivity contribution >= 4 is 0 Å². The number of nitrogens with two attached hydrogens (primary N) is 1. The highest BCUT2D eigenvalue weighted by atomic mass is 19.2. The van der Waals surface area contributed by atoms with Crippen LogP contribution < -0.4 is 5.73 Å². The maximum Gasteiger partial charge on any atom is 0.159 e. The van der Waals surface area contributed by atoms with E-state index in [9.17, 15) is 8.78 Å². The number of benzene rings is 1. The molecule has 0 bridgehead atoms. The molecule has 0 amide bonds. The number of rotatable bonds is 2. The van der Waals surface area contributed by atoms with Crippen molar-refractivity contribution in [3.8, 4) is 0 Å². The minimum atomic E-state index is -0.813. The zero-order valence-corrected chi connectivity index (χ0v) is 10.3. The molecule has 2 rings (SSSR count). The highest BCUT2D eigenvalue weighted by molar-refractivity contribution is 5.22. The minimum Gasteiger partial charge on any atom is -0.324 e. The van der Waals surface area contributed by atoms with Gasteiger partial charge in [-0.05, 0) is 41.9 Å². The number of hydrogen-bond donors (Lipinski definition) is 1. The quantitative estimate of drug-likeness (QED) is 0.834. The molecule has 1 saturated carbocycles. The van der Waals surface area contributed by atoms with Crippen molar-refractivity contribution in [3.05, 3.63) is 35.4 Å². The Hall–Kier alpha value is -0.960. The van der Waals surface area contributed by atoms with E-state index in [4.69, 9.17) is 5.73 Å². The van der Waals surface area contributed by atoms with Crippen LogP contribution in [0.1, 0.15) is 44.7 Å². The molecule has 0 radical (unpaired) electrons. The molecule has 0 spiro atoms. The van der Waals surface area contributed by atoms with E-state index in [1.54, 1.807) is 6.07 Å². The summed E-state index contributed by atoms with van der Waals surface area (Å²) in [5, 5.41) is 0. The Bertz CT molecular complexity index is 415. The molecule has 1 aliphatic carbocycles. The van der Waals surface area contributed by atoms with Crippen LogP contribution >= 0.6 is 0 Å². The first-order valence-electron chi connectivity index (χ1n) is 6.12. The van der Waals surface area contributed by atoms with Gasteiger partial charge in [-0.2, -0.15) is 0 Å². The SMILES string of the molecule is CC1(C)CCCC1C(N)c1ccc(F)c(F)c1. The van der Waals surface area contributed by atoms with Crippen LogP contribution in [-0.2, 0) is 0 Å². The van der Waals surface area contributed by atoms with Gasteiger partial charge >= 0.3 is 0 Å². The van der Waals surface area contributed by atoms with Crippen molar-refractivity contribution in [1.82, 2.24) is 0 Å². The van der Waals surface area contributed by atoms with Crippen molar-refractivity contribution in [1.29, 1.82) is 0 Å². The summed E-state index contributed by atoms with van der Waals surface area (Å²) in [6.45, 7) is 4.40. The smallest absolute Gasteiger partial charge is 0.159 e. The lowest BCUT2D eigenvalue weighted by Crippen LogP contribution is -2.29. The van der Waals surface area contributed by atoms with Gasteiger partial charge in [0.15, 0.2) is 11.6 Å². The molecule has 0 aromatic heterocycles. The van der Waals surface area contributed by atoms with Crippen LogP contribution in [0.25, 0.3) is 0 Å². The summed E-state index contributed by atoms with van der Waals surface area (Å²) in [5.74, 6) is -1.28. The Morgan fingerprint density at radius 3 is 2.53 bits per heavy atom. The lowest BCUT2D eigenvalue weighted by molar-refractivity contribution is 0.222. The van der Waals surface area contributed by atoms with Gasteiger partial charge in [-0.15, -0.1) is 0 Å². The van der Waals surface area contributed by atoms with Crippen LogP contribution in [0.2, 0.25) is 0 Å². The summed E-state index contributed by atoms with van der Waals surface area (Å²) in [6.07, 6.45) is 3.37. The van der Waals surface area contributed by atoms with Gasteiger partial charge in [0.1, 0.15) is 0 Å². The van der Waals surface area contributed by atoms with Crippen LogP contribution in [-0.4, -0.2) is 0 Å². The van der Waals surface area contributed by atoms with Gasteiger partial charge in [0.05, 0.1) is 0 Å². The zero-order valence-electron chi connectivity index (χ0n) is 10.3. The zero-order chi connectivity index (χ0) is 12.6. The first-order chi connectivity index (χ1) is 7.92. The molecule has 1 fully saturated rings. The molecule has 17 heavy (non-hydrogen) atoms. The molecule has 0 aliphatic heterocycles. The van der Waals surface area contributed by atoms with Gasteiger partial charge in [0.2, 0.25) is 0 Å². The Kier molecular flexibility index (Phi) is 3.21. The van der Waals surface area contributed by atoms with Crippen molar-refractivity contribution in [3.63, 3.8) is 0 Å². The third-order valence-electron chi connectivity index (χ3n) is 4.10. The third kappa shape index (κ3) is 2.34. The predicted octanol–water partition coefficient (Wildman–Crippen LogP) is 3.79. The minimum absolute atomic E-state index is 0.185. The standard InChI is InChI=1S/C14H19F2N/c1-14(2)7-3-4-10(14)13(17)9-5-6-11(15)12(16)8-9/h5-6,8,10,13H,3-4,7,17H2,1-2H3. The topological polar surface area (TPSA) is 26.0 Å². The van der Waals surface area contributed by atoms with Crippen LogP contribution in [0.3, 0.4) is 0 Å². The Balaban J connectivity index is 2.25. The largest absolute Gasteiger partial charge is 0.324 e. The summed E-state index contributed by atoms with van der Waals surface area (Å²) in [6, 6.07) is 3.78. The normalized spacial score (nSPS) is 24.9. The maximum atomic E-state index is 13.2. The van der Waals surface area contributed by atoms with Gasteiger partial charge in [-0.25, -0.2) is 8.78 Å². The molecule has 94 valence electrons. The van der Waals surface area contributed by atoms with Gasteiger partial charge in [-0.1, -0.05) is 26.3 Å². The molecule has 1 aromatic carbocycles. The number of hydrogen-bond acceptors (Lipinski definition) is 1. The van der Waals surface area contributed by atoms with E-state index in [-0.39, 0.29) is 11.5 Å². The summed E-state index contributed by atoms with van der Waals surface area (Å²) < 4.78 is 26.1. The third-order valence-corrected chi connectivity index (χ3v) is 4.10. The van der Waals surface area contributed by atoms with Gasteiger partial charge in [0.25, 0.3) is 0 Å². The van der Waals surface area contributed by atoms with E-state index in [0.29, 0.717) is 11.5 Å². The lowest BCUT2D eigenvalue weighted by atomic mass is 9.76. The van der Waals surface area contributed by atoms with Gasteiger partial charge in [0, 0.05) is 6.04 Å². The van der Waals surface area contributed by atoms with Crippen LogP contribution in [0, 0.1) is 23.0 Å². The second kappa shape index (κ2) is 4.37. The molecule has 1 aromatic rings. The molecular weight excluding hydrogens is 220 g/mol. The molecule has 0 heterocycles. The van der Waals surface area contributed by atoms with E-state index in [2.05, 4.69) is 13.8 Å². The Morgan fingerprint density at radius 1 is 1.29 bits per heavy atom.